The molecule has 3 aliphatic rings. The largest absolute Gasteiger partial charge is 0.357 e. The van der Waals surface area contributed by atoms with E-state index in [1.807, 2.05) is 6.92 Å². The molecule has 146 valence electrons. The zero-order valence-corrected chi connectivity index (χ0v) is 16.2. The number of imide groups is 1. The third kappa shape index (κ3) is 3.79. The molecule has 3 N–H and O–H groups in total. The molecule has 3 saturated heterocycles. The number of carbonyl (C=O) groups excluding carboxylic acids is 2. The maximum atomic E-state index is 12.2. The van der Waals surface area contributed by atoms with Gasteiger partial charge in [-0.15, -0.1) is 0 Å². The third-order valence-corrected chi connectivity index (χ3v) is 6.14. The van der Waals surface area contributed by atoms with Gasteiger partial charge in [-0.1, -0.05) is 0 Å². The van der Waals surface area contributed by atoms with Gasteiger partial charge < -0.3 is 20.4 Å². The van der Waals surface area contributed by atoms with Crippen molar-refractivity contribution in [3.63, 3.8) is 0 Å². The number of hydrogen-bond donors (Lipinski definition) is 3. The molecule has 0 aromatic carbocycles. The minimum absolute atomic E-state index is 0.147. The van der Waals surface area contributed by atoms with Crippen molar-refractivity contribution in [3.05, 3.63) is 0 Å². The highest BCUT2D eigenvalue weighted by Crippen LogP contribution is 2.30. The lowest BCUT2D eigenvalue weighted by Gasteiger charge is -2.39. The van der Waals surface area contributed by atoms with Crippen LogP contribution >= 0.6 is 0 Å². The third-order valence-electron chi connectivity index (χ3n) is 6.14. The van der Waals surface area contributed by atoms with Crippen molar-refractivity contribution in [1.82, 2.24) is 25.8 Å². The molecule has 0 aliphatic carbocycles. The van der Waals surface area contributed by atoms with Gasteiger partial charge in [-0.25, -0.2) is 4.79 Å². The highest BCUT2D eigenvalue weighted by atomic mass is 16.2. The highest BCUT2D eigenvalue weighted by Gasteiger charge is 2.48. The molecule has 3 amide bonds. The zero-order valence-electron chi connectivity index (χ0n) is 16.2. The van der Waals surface area contributed by atoms with Crippen LogP contribution in [0.15, 0.2) is 4.99 Å². The number of aliphatic imine (C=N–C) groups is 1. The van der Waals surface area contributed by atoms with Gasteiger partial charge in [0.05, 0.1) is 6.54 Å². The Morgan fingerprint density at radius 2 is 2.00 bits per heavy atom. The minimum atomic E-state index is -0.786. The Labute approximate surface area is 155 Å². The number of rotatable bonds is 4. The summed E-state index contributed by atoms with van der Waals surface area (Å²) in [6.45, 7) is 8.44. The van der Waals surface area contributed by atoms with Gasteiger partial charge in [-0.3, -0.25) is 15.1 Å². The summed E-state index contributed by atoms with van der Waals surface area (Å²) in [7, 11) is 2.17. The van der Waals surface area contributed by atoms with E-state index in [1.165, 1.54) is 12.8 Å². The first-order chi connectivity index (χ1) is 12.4. The lowest BCUT2D eigenvalue weighted by atomic mass is 9.79. The summed E-state index contributed by atoms with van der Waals surface area (Å²) in [4.78, 5) is 33.2. The van der Waals surface area contributed by atoms with Crippen molar-refractivity contribution >= 4 is 17.9 Å². The first-order valence-electron chi connectivity index (χ1n) is 9.81. The molecule has 3 heterocycles. The average Bonchev–Trinajstić information content (AvgIpc) is 3.14. The van der Waals surface area contributed by atoms with Crippen molar-refractivity contribution in [1.29, 1.82) is 0 Å². The molecule has 0 saturated carbocycles. The van der Waals surface area contributed by atoms with Crippen LogP contribution in [0, 0.1) is 5.92 Å². The minimum Gasteiger partial charge on any atom is -0.357 e. The molecule has 2 atom stereocenters. The number of nitrogens with one attached hydrogen (secondary N) is 3. The van der Waals surface area contributed by atoms with Crippen molar-refractivity contribution in [3.8, 4) is 0 Å². The summed E-state index contributed by atoms with van der Waals surface area (Å²) in [6.07, 6.45) is 4.19. The van der Waals surface area contributed by atoms with E-state index in [0.717, 1.165) is 51.5 Å². The molecule has 26 heavy (non-hydrogen) atoms. The van der Waals surface area contributed by atoms with Gasteiger partial charge in [-0.05, 0) is 59.0 Å². The Balaban J connectivity index is 1.59. The second-order valence-corrected chi connectivity index (χ2v) is 7.84. The SMILES string of the molecule is CCNC(=NCC1CCCN1C)N1CCC(C2(C)NC(=O)NC2=O)CC1. The molecule has 2 unspecified atom stereocenters. The summed E-state index contributed by atoms with van der Waals surface area (Å²) in [5.74, 6) is 0.913. The lowest BCUT2D eigenvalue weighted by molar-refractivity contribution is -0.125. The lowest BCUT2D eigenvalue weighted by Crippen LogP contribution is -2.55. The van der Waals surface area contributed by atoms with Crippen molar-refractivity contribution in [2.45, 2.75) is 51.1 Å². The molecule has 3 rings (SSSR count). The molecular formula is C18H32N6O2. The second kappa shape index (κ2) is 7.82. The summed E-state index contributed by atoms with van der Waals surface area (Å²) >= 11 is 0. The monoisotopic (exact) mass is 364 g/mol. The van der Waals surface area contributed by atoms with Crippen LogP contribution in [0.3, 0.4) is 0 Å². The average molecular weight is 364 g/mol. The summed E-state index contributed by atoms with van der Waals surface area (Å²) in [6, 6.07) is 0.160. The van der Waals surface area contributed by atoms with Gasteiger partial charge >= 0.3 is 6.03 Å². The fourth-order valence-electron chi connectivity index (χ4n) is 4.34. The Morgan fingerprint density at radius 3 is 2.54 bits per heavy atom. The number of piperidine rings is 1. The van der Waals surface area contributed by atoms with Crippen molar-refractivity contribution in [2.24, 2.45) is 10.9 Å². The fourth-order valence-corrected chi connectivity index (χ4v) is 4.34. The topological polar surface area (TPSA) is 89.1 Å². The number of guanidine groups is 1. The van der Waals surface area contributed by atoms with Gasteiger partial charge in [0.2, 0.25) is 0 Å². The Morgan fingerprint density at radius 1 is 1.27 bits per heavy atom. The van der Waals surface area contributed by atoms with Gasteiger partial charge in [0.1, 0.15) is 5.54 Å². The molecule has 3 fully saturated rings. The van der Waals surface area contributed by atoms with Gasteiger partial charge in [-0.2, -0.15) is 0 Å². The fraction of sp³-hybridized carbons (Fsp3) is 0.833. The molecule has 0 aromatic heterocycles. The number of likely N-dealkylation sites (tertiary alicyclic amines) is 2. The van der Waals surface area contributed by atoms with Gasteiger partial charge in [0.25, 0.3) is 5.91 Å². The van der Waals surface area contributed by atoms with E-state index >= 15 is 0 Å². The summed E-state index contributed by atoms with van der Waals surface area (Å²) < 4.78 is 0. The maximum absolute atomic E-state index is 12.2. The van der Waals surface area contributed by atoms with Crippen LogP contribution in [0.5, 0.6) is 0 Å². The van der Waals surface area contributed by atoms with E-state index in [2.05, 4.69) is 39.7 Å². The summed E-state index contributed by atoms with van der Waals surface area (Å²) in [5, 5.41) is 8.60. The van der Waals surface area contributed by atoms with E-state index < -0.39 is 5.54 Å². The first kappa shape index (κ1) is 18.9. The Hall–Kier alpha value is -1.83. The molecule has 0 spiro atoms. The Bertz CT molecular complexity index is 572. The van der Waals surface area contributed by atoms with Crippen LogP contribution in [0.4, 0.5) is 4.79 Å². The number of urea groups is 1. The molecular weight excluding hydrogens is 332 g/mol. The molecule has 8 nitrogen and oxygen atoms in total. The zero-order chi connectivity index (χ0) is 18.7. The van der Waals surface area contributed by atoms with Crippen LogP contribution < -0.4 is 16.0 Å². The first-order valence-corrected chi connectivity index (χ1v) is 9.81. The Kier molecular flexibility index (Phi) is 5.70. The molecule has 3 aliphatic heterocycles. The van der Waals surface area contributed by atoms with Crippen LogP contribution in [0.1, 0.15) is 39.5 Å². The quantitative estimate of drug-likeness (QED) is 0.381. The second-order valence-electron chi connectivity index (χ2n) is 7.84. The maximum Gasteiger partial charge on any atom is 0.322 e. The summed E-state index contributed by atoms with van der Waals surface area (Å²) in [5.41, 5.74) is -0.786. The predicted octanol–water partition coefficient (Wildman–Crippen LogP) is 0.356. The van der Waals surface area contributed by atoms with Crippen LogP contribution in [-0.2, 0) is 4.79 Å². The van der Waals surface area contributed by atoms with E-state index in [9.17, 15) is 9.59 Å². The van der Waals surface area contributed by atoms with Crippen molar-refractivity contribution < 1.29 is 9.59 Å². The number of nitrogens with zero attached hydrogens (tertiary/aromatic N) is 3. The van der Waals surface area contributed by atoms with E-state index in [4.69, 9.17) is 4.99 Å². The van der Waals surface area contributed by atoms with E-state index in [0.29, 0.717) is 6.04 Å². The van der Waals surface area contributed by atoms with Crippen LogP contribution in [0.2, 0.25) is 0 Å². The number of carbonyl (C=O) groups is 2. The molecule has 8 heteroatoms. The van der Waals surface area contributed by atoms with Crippen molar-refractivity contribution in [2.75, 3.05) is 39.8 Å². The molecule has 0 bridgehead atoms. The predicted molar refractivity (Wildman–Crippen MR) is 101 cm³/mol. The highest BCUT2D eigenvalue weighted by molar-refractivity contribution is 6.07. The van der Waals surface area contributed by atoms with Gasteiger partial charge in [0, 0.05) is 25.7 Å². The smallest absolute Gasteiger partial charge is 0.322 e. The molecule has 0 radical (unpaired) electrons. The van der Waals surface area contributed by atoms with Crippen LogP contribution in [0.25, 0.3) is 0 Å². The number of hydrogen-bond acceptors (Lipinski definition) is 4. The number of likely N-dealkylation sites (N-methyl/N-ethyl adjacent to an activating group) is 1. The van der Waals surface area contributed by atoms with E-state index in [1.54, 1.807) is 0 Å². The molecule has 0 aromatic rings. The standard InChI is InChI=1S/C18H32N6O2/c1-4-19-16(20-12-14-6-5-9-23(14)3)24-10-7-13(8-11-24)18(2)15(25)21-17(26)22-18/h13-14H,4-12H2,1-3H3,(H,19,20)(H2,21,22,25,26). The number of amides is 3. The van der Waals surface area contributed by atoms with Gasteiger partial charge in [0.15, 0.2) is 5.96 Å². The van der Waals surface area contributed by atoms with E-state index in [-0.39, 0.29) is 17.9 Å². The van der Waals surface area contributed by atoms with Crippen LogP contribution in [-0.4, -0.2) is 79.0 Å². The normalized spacial score (nSPS) is 31.3.